The van der Waals surface area contributed by atoms with Crippen LogP contribution in [0.25, 0.3) is 5.57 Å². The number of halogens is 1. The summed E-state index contributed by atoms with van der Waals surface area (Å²) in [6.45, 7) is 8.29. The molecule has 1 heterocycles. The van der Waals surface area contributed by atoms with Crippen LogP contribution in [0.3, 0.4) is 0 Å². The molecule has 1 aromatic carbocycles. The van der Waals surface area contributed by atoms with Crippen molar-refractivity contribution in [1.29, 1.82) is 0 Å². The van der Waals surface area contributed by atoms with Gasteiger partial charge in [0.1, 0.15) is 0 Å². The molecule has 1 aliphatic carbocycles. The van der Waals surface area contributed by atoms with Crippen molar-refractivity contribution >= 4 is 5.57 Å². The number of hydrogen-bond acceptors (Lipinski definition) is 2. The number of likely N-dealkylation sites (N-methyl/N-ethyl adjacent to an activating group) is 1. The van der Waals surface area contributed by atoms with Crippen LogP contribution in [-0.2, 0) is 0 Å². The molecule has 0 amide bonds. The van der Waals surface area contributed by atoms with Gasteiger partial charge < -0.3 is 4.74 Å². The standard InChI is InChI=1S/C17H22FNO/c1-4-19-10-12-7-14(16(19)8-12)13-5-6-15(18)17(9-13)20-11(2)3/h5-7,9,11-12,16H,4,8,10H2,1-3H3. The second-order valence-electron chi connectivity index (χ2n) is 6.03. The van der Waals surface area contributed by atoms with Gasteiger partial charge in [0.25, 0.3) is 0 Å². The summed E-state index contributed by atoms with van der Waals surface area (Å²) in [6.07, 6.45) is 3.56. The van der Waals surface area contributed by atoms with Crippen LogP contribution in [0, 0.1) is 11.7 Å². The summed E-state index contributed by atoms with van der Waals surface area (Å²) in [4.78, 5) is 2.51. The quantitative estimate of drug-likeness (QED) is 0.830. The van der Waals surface area contributed by atoms with Crippen molar-refractivity contribution in [2.24, 2.45) is 5.92 Å². The van der Waals surface area contributed by atoms with E-state index < -0.39 is 0 Å². The summed E-state index contributed by atoms with van der Waals surface area (Å²) >= 11 is 0. The first-order valence-electron chi connectivity index (χ1n) is 7.50. The van der Waals surface area contributed by atoms with Crippen molar-refractivity contribution in [2.45, 2.75) is 39.3 Å². The molecule has 1 aliphatic heterocycles. The van der Waals surface area contributed by atoms with Crippen molar-refractivity contribution < 1.29 is 9.13 Å². The minimum atomic E-state index is -0.279. The first kappa shape index (κ1) is 13.6. The number of benzene rings is 1. The summed E-state index contributed by atoms with van der Waals surface area (Å²) in [5.41, 5.74) is 2.45. The molecule has 0 radical (unpaired) electrons. The van der Waals surface area contributed by atoms with Crippen LogP contribution >= 0.6 is 0 Å². The lowest BCUT2D eigenvalue weighted by atomic mass is 9.99. The van der Waals surface area contributed by atoms with Gasteiger partial charge in [-0.2, -0.15) is 0 Å². The van der Waals surface area contributed by atoms with Gasteiger partial charge in [0.15, 0.2) is 11.6 Å². The first-order chi connectivity index (χ1) is 9.58. The van der Waals surface area contributed by atoms with Crippen LogP contribution in [0.15, 0.2) is 24.3 Å². The largest absolute Gasteiger partial charge is 0.488 e. The van der Waals surface area contributed by atoms with Crippen LogP contribution in [0.4, 0.5) is 4.39 Å². The molecule has 2 nitrogen and oxygen atoms in total. The Kier molecular flexibility index (Phi) is 3.55. The molecule has 20 heavy (non-hydrogen) atoms. The first-order valence-corrected chi connectivity index (χ1v) is 7.50. The molecule has 3 heteroatoms. The van der Waals surface area contributed by atoms with Crippen LogP contribution in [-0.4, -0.2) is 30.1 Å². The average Bonchev–Trinajstić information content (AvgIpc) is 3.00. The molecule has 1 saturated heterocycles. The Morgan fingerprint density at radius 3 is 2.85 bits per heavy atom. The van der Waals surface area contributed by atoms with E-state index in [0.717, 1.165) is 12.1 Å². The molecular weight excluding hydrogens is 253 g/mol. The fourth-order valence-electron chi connectivity index (χ4n) is 3.41. The van der Waals surface area contributed by atoms with E-state index in [1.165, 1.54) is 24.6 Å². The number of ether oxygens (including phenoxy) is 1. The maximum Gasteiger partial charge on any atom is 0.165 e. The molecular formula is C17H22FNO. The van der Waals surface area contributed by atoms with Crippen molar-refractivity contribution in [3.8, 4) is 5.75 Å². The Labute approximate surface area is 120 Å². The van der Waals surface area contributed by atoms with Gasteiger partial charge in [0.2, 0.25) is 0 Å². The van der Waals surface area contributed by atoms with E-state index in [4.69, 9.17) is 4.74 Å². The van der Waals surface area contributed by atoms with Crippen molar-refractivity contribution in [2.75, 3.05) is 13.1 Å². The van der Waals surface area contributed by atoms with Crippen molar-refractivity contribution in [1.82, 2.24) is 4.90 Å². The highest BCUT2D eigenvalue weighted by atomic mass is 19.1. The zero-order valence-electron chi connectivity index (χ0n) is 12.4. The van der Waals surface area contributed by atoms with Gasteiger partial charge in [-0.15, -0.1) is 0 Å². The van der Waals surface area contributed by atoms with E-state index in [2.05, 4.69) is 17.9 Å². The number of hydrogen-bond donors (Lipinski definition) is 0. The molecule has 108 valence electrons. The summed E-state index contributed by atoms with van der Waals surface area (Å²) < 4.78 is 19.4. The van der Waals surface area contributed by atoms with Crippen molar-refractivity contribution in [3.05, 3.63) is 35.7 Å². The fourth-order valence-corrected chi connectivity index (χ4v) is 3.41. The lowest BCUT2D eigenvalue weighted by molar-refractivity contribution is 0.231. The Balaban J connectivity index is 1.90. The second kappa shape index (κ2) is 5.21. The highest BCUT2D eigenvalue weighted by Gasteiger charge is 2.38. The second-order valence-corrected chi connectivity index (χ2v) is 6.03. The lowest BCUT2D eigenvalue weighted by Gasteiger charge is -2.27. The van der Waals surface area contributed by atoms with E-state index in [1.807, 2.05) is 26.0 Å². The SMILES string of the molecule is CCN1CC2C=C(c3ccc(F)c(OC(C)C)c3)C1C2. The Morgan fingerprint density at radius 2 is 2.20 bits per heavy atom. The number of rotatable bonds is 4. The van der Waals surface area contributed by atoms with Gasteiger partial charge in [-0.25, -0.2) is 4.39 Å². The third kappa shape index (κ3) is 2.35. The summed E-state index contributed by atoms with van der Waals surface area (Å²) in [5, 5.41) is 0. The van der Waals surface area contributed by atoms with E-state index in [9.17, 15) is 4.39 Å². The van der Waals surface area contributed by atoms with E-state index in [0.29, 0.717) is 17.7 Å². The Hall–Kier alpha value is -1.35. The fraction of sp³-hybridized carbons (Fsp3) is 0.529. The maximum absolute atomic E-state index is 13.8. The van der Waals surface area contributed by atoms with Gasteiger partial charge in [-0.3, -0.25) is 4.90 Å². The number of nitrogens with zero attached hydrogens (tertiary/aromatic N) is 1. The average molecular weight is 275 g/mol. The van der Waals surface area contributed by atoms with Gasteiger partial charge in [-0.1, -0.05) is 19.1 Å². The van der Waals surface area contributed by atoms with Gasteiger partial charge >= 0.3 is 0 Å². The van der Waals surface area contributed by atoms with Crippen LogP contribution in [0.1, 0.15) is 32.8 Å². The van der Waals surface area contributed by atoms with Gasteiger partial charge in [0, 0.05) is 12.6 Å². The molecule has 0 saturated carbocycles. The van der Waals surface area contributed by atoms with Crippen LogP contribution < -0.4 is 4.74 Å². The Morgan fingerprint density at radius 1 is 1.40 bits per heavy atom. The summed E-state index contributed by atoms with van der Waals surface area (Å²) in [7, 11) is 0. The van der Waals surface area contributed by atoms with Crippen LogP contribution in [0.2, 0.25) is 0 Å². The van der Waals surface area contributed by atoms with E-state index >= 15 is 0 Å². The normalized spacial score (nSPS) is 25.4. The predicted molar refractivity (Wildman–Crippen MR) is 79.3 cm³/mol. The summed E-state index contributed by atoms with van der Waals surface area (Å²) in [5.74, 6) is 0.747. The third-order valence-corrected chi connectivity index (χ3v) is 4.24. The highest BCUT2D eigenvalue weighted by molar-refractivity contribution is 5.74. The predicted octanol–water partition coefficient (Wildman–Crippen LogP) is 3.72. The monoisotopic (exact) mass is 275 g/mol. The molecule has 0 aromatic heterocycles. The van der Waals surface area contributed by atoms with E-state index in [-0.39, 0.29) is 11.9 Å². The van der Waals surface area contributed by atoms with Gasteiger partial charge in [0.05, 0.1) is 6.10 Å². The molecule has 0 N–H and O–H groups in total. The number of likely N-dealkylation sites (tertiary alicyclic amines) is 1. The van der Waals surface area contributed by atoms with Gasteiger partial charge in [-0.05, 0) is 56.0 Å². The number of fused-ring (bicyclic) bond motifs is 2. The maximum atomic E-state index is 13.8. The molecule has 2 unspecified atom stereocenters. The molecule has 3 rings (SSSR count). The molecule has 2 aliphatic rings. The lowest BCUT2D eigenvalue weighted by Crippen LogP contribution is -2.31. The zero-order valence-corrected chi connectivity index (χ0v) is 12.4. The topological polar surface area (TPSA) is 12.5 Å². The minimum absolute atomic E-state index is 0.0131. The molecule has 0 spiro atoms. The van der Waals surface area contributed by atoms with E-state index in [1.54, 1.807) is 0 Å². The van der Waals surface area contributed by atoms with Crippen molar-refractivity contribution in [3.63, 3.8) is 0 Å². The summed E-state index contributed by atoms with van der Waals surface area (Å²) in [6, 6.07) is 5.76. The Bertz CT molecular complexity index is 538. The molecule has 2 atom stereocenters. The highest BCUT2D eigenvalue weighted by Crippen LogP contribution is 2.42. The zero-order chi connectivity index (χ0) is 14.3. The third-order valence-electron chi connectivity index (χ3n) is 4.24. The van der Waals surface area contributed by atoms with Crippen LogP contribution in [0.5, 0.6) is 5.75 Å². The minimum Gasteiger partial charge on any atom is -0.488 e. The smallest absolute Gasteiger partial charge is 0.165 e. The molecule has 2 bridgehead atoms. The molecule has 1 aromatic rings. The molecule has 1 fully saturated rings.